The van der Waals surface area contributed by atoms with Crippen LogP contribution in [0.5, 0.6) is 0 Å². The van der Waals surface area contributed by atoms with Gasteiger partial charge in [-0.15, -0.1) is 0 Å². The van der Waals surface area contributed by atoms with Gasteiger partial charge in [0.2, 0.25) is 5.91 Å². The van der Waals surface area contributed by atoms with E-state index < -0.39 is 0 Å². The SMILES string of the molecule is Cc1ccc(CC(=O)NCCCN2CCN(Cc3ccccc3)CC2)cc1. The third-order valence-electron chi connectivity index (χ3n) is 5.17. The van der Waals surface area contributed by atoms with Gasteiger partial charge in [-0.25, -0.2) is 0 Å². The van der Waals surface area contributed by atoms with Gasteiger partial charge in [-0.3, -0.25) is 9.69 Å². The second kappa shape index (κ2) is 10.2. The number of rotatable bonds is 8. The van der Waals surface area contributed by atoms with E-state index in [0.29, 0.717) is 6.42 Å². The Labute approximate surface area is 163 Å². The fraction of sp³-hybridized carbons (Fsp3) is 0.435. The van der Waals surface area contributed by atoms with Gasteiger partial charge in [-0.2, -0.15) is 0 Å². The van der Waals surface area contributed by atoms with Crippen molar-refractivity contribution in [2.45, 2.75) is 26.3 Å². The summed E-state index contributed by atoms with van der Waals surface area (Å²) < 4.78 is 0. The minimum absolute atomic E-state index is 0.117. The van der Waals surface area contributed by atoms with Crippen molar-refractivity contribution in [1.29, 1.82) is 0 Å². The van der Waals surface area contributed by atoms with Gasteiger partial charge in [0.15, 0.2) is 0 Å². The molecule has 1 aliphatic rings. The third kappa shape index (κ3) is 6.81. The molecule has 27 heavy (non-hydrogen) atoms. The Bertz CT molecular complexity index is 691. The molecule has 1 fully saturated rings. The first kappa shape index (κ1) is 19.6. The summed E-state index contributed by atoms with van der Waals surface area (Å²) in [5.41, 5.74) is 3.69. The number of aryl methyl sites for hydroxylation is 1. The minimum atomic E-state index is 0.117. The van der Waals surface area contributed by atoms with Crippen molar-refractivity contribution < 1.29 is 4.79 Å². The Kier molecular flexibility index (Phi) is 7.43. The van der Waals surface area contributed by atoms with Gasteiger partial charge in [0.1, 0.15) is 0 Å². The molecule has 1 amide bonds. The van der Waals surface area contributed by atoms with E-state index in [-0.39, 0.29) is 5.91 Å². The van der Waals surface area contributed by atoms with Crippen LogP contribution in [0.15, 0.2) is 54.6 Å². The van der Waals surface area contributed by atoms with Crippen LogP contribution in [0.2, 0.25) is 0 Å². The van der Waals surface area contributed by atoms with Gasteiger partial charge < -0.3 is 10.2 Å². The molecule has 1 N–H and O–H groups in total. The van der Waals surface area contributed by atoms with Crippen LogP contribution in [-0.4, -0.2) is 55.0 Å². The van der Waals surface area contributed by atoms with Crippen molar-refractivity contribution in [2.75, 3.05) is 39.3 Å². The van der Waals surface area contributed by atoms with Crippen molar-refractivity contribution in [3.8, 4) is 0 Å². The molecule has 4 heteroatoms. The Balaban J connectivity index is 1.27. The van der Waals surface area contributed by atoms with E-state index in [0.717, 1.165) is 57.8 Å². The Hall–Kier alpha value is -2.17. The maximum Gasteiger partial charge on any atom is 0.224 e. The molecule has 0 spiro atoms. The number of hydrogen-bond donors (Lipinski definition) is 1. The highest BCUT2D eigenvalue weighted by molar-refractivity contribution is 5.78. The largest absolute Gasteiger partial charge is 0.356 e. The molecule has 0 bridgehead atoms. The van der Waals surface area contributed by atoms with Crippen molar-refractivity contribution in [1.82, 2.24) is 15.1 Å². The zero-order valence-electron chi connectivity index (χ0n) is 16.4. The van der Waals surface area contributed by atoms with E-state index in [1.165, 1.54) is 11.1 Å². The molecule has 0 aliphatic carbocycles. The monoisotopic (exact) mass is 365 g/mol. The summed E-state index contributed by atoms with van der Waals surface area (Å²) >= 11 is 0. The van der Waals surface area contributed by atoms with Crippen molar-refractivity contribution in [2.24, 2.45) is 0 Å². The highest BCUT2D eigenvalue weighted by Gasteiger charge is 2.16. The van der Waals surface area contributed by atoms with Crippen LogP contribution in [0.4, 0.5) is 0 Å². The number of carbonyl (C=O) groups excluding carboxylic acids is 1. The average molecular weight is 366 g/mol. The van der Waals surface area contributed by atoms with Gasteiger partial charge in [0.05, 0.1) is 6.42 Å². The number of piperazine rings is 1. The highest BCUT2D eigenvalue weighted by Crippen LogP contribution is 2.08. The smallest absolute Gasteiger partial charge is 0.224 e. The van der Waals surface area contributed by atoms with E-state index in [4.69, 9.17) is 0 Å². The first-order valence-electron chi connectivity index (χ1n) is 10.00. The van der Waals surface area contributed by atoms with Crippen molar-refractivity contribution >= 4 is 5.91 Å². The number of carbonyl (C=O) groups is 1. The molecule has 0 atom stereocenters. The number of nitrogens with one attached hydrogen (secondary N) is 1. The maximum atomic E-state index is 12.0. The summed E-state index contributed by atoms with van der Waals surface area (Å²) in [5, 5.41) is 3.05. The van der Waals surface area contributed by atoms with E-state index in [2.05, 4.69) is 64.5 Å². The second-order valence-corrected chi connectivity index (χ2v) is 7.47. The molecular formula is C23H31N3O. The van der Waals surface area contributed by atoms with Crippen LogP contribution in [0.1, 0.15) is 23.1 Å². The standard InChI is InChI=1S/C23H31N3O/c1-20-8-10-21(11-9-20)18-23(27)24-12-5-13-25-14-16-26(17-15-25)19-22-6-3-2-4-7-22/h2-4,6-11H,5,12-19H2,1H3,(H,24,27). The molecule has 3 rings (SSSR count). The molecule has 2 aromatic rings. The first-order valence-corrected chi connectivity index (χ1v) is 10.00. The van der Waals surface area contributed by atoms with Gasteiger partial charge >= 0.3 is 0 Å². The fourth-order valence-corrected chi connectivity index (χ4v) is 3.50. The minimum Gasteiger partial charge on any atom is -0.356 e. The summed E-state index contributed by atoms with van der Waals surface area (Å²) in [4.78, 5) is 17.1. The summed E-state index contributed by atoms with van der Waals surface area (Å²) in [5.74, 6) is 0.117. The van der Waals surface area contributed by atoms with Crippen LogP contribution in [0.3, 0.4) is 0 Å². The Morgan fingerprint density at radius 2 is 1.56 bits per heavy atom. The van der Waals surface area contributed by atoms with Gasteiger partial charge in [0.25, 0.3) is 0 Å². The average Bonchev–Trinajstić information content (AvgIpc) is 2.69. The van der Waals surface area contributed by atoms with Crippen LogP contribution < -0.4 is 5.32 Å². The molecule has 1 saturated heterocycles. The molecule has 2 aromatic carbocycles. The predicted molar refractivity (Wildman–Crippen MR) is 111 cm³/mol. The third-order valence-corrected chi connectivity index (χ3v) is 5.17. The zero-order valence-corrected chi connectivity index (χ0v) is 16.4. The lowest BCUT2D eigenvalue weighted by molar-refractivity contribution is -0.120. The molecule has 0 unspecified atom stereocenters. The van der Waals surface area contributed by atoms with Crippen molar-refractivity contribution in [3.05, 3.63) is 71.3 Å². The predicted octanol–water partition coefficient (Wildman–Crippen LogP) is 2.86. The van der Waals surface area contributed by atoms with E-state index in [1.807, 2.05) is 12.1 Å². The quantitative estimate of drug-likeness (QED) is 0.731. The molecule has 1 aliphatic heterocycles. The molecule has 0 radical (unpaired) electrons. The normalized spacial score (nSPS) is 15.6. The lowest BCUT2D eigenvalue weighted by Crippen LogP contribution is -2.46. The van der Waals surface area contributed by atoms with E-state index >= 15 is 0 Å². The van der Waals surface area contributed by atoms with Gasteiger partial charge in [0, 0.05) is 39.3 Å². The summed E-state index contributed by atoms with van der Waals surface area (Å²) in [7, 11) is 0. The fourth-order valence-electron chi connectivity index (χ4n) is 3.50. The van der Waals surface area contributed by atoms with Gasteiger partial charge in [-0.1, -0.05) is 60.2 Å². The van der Waals surface area contributed by atoms with Crippen LogP contribution in [0.25, 0.3) is 0 Å². The lowest BCUT2D eigenvalue weighted by Gasteiger charge is -2.34. The van der Waals surface area contributed by atoms with E-state index in [1.54, 1.807) is 0 Å². The van der Waals surface area contributed by atoms with E-state index in [9.17, 15) is 4.79 Å². The lowest BCUT2D eigenvalue weighted by atomic mass is 10.1. The summed E-state index contributed by atoms with van der Waals surface area (Å²) in [6.45, 7) is 9.39. The van der Waals surface area contributed by atoms with Crippen molar-refractivity contribution in [3.63, 3.8) is 0 Å². The Morgan fingerprint density at radius 3 is 2.26 bits per heavy atom. The molecule has 144 valence electrons. The number of amides is 1. The van der Waals surface area contributed by atoms with Crippen LogP contribution in [0, 0.1) is 6.92 Å². The maximum absolute atomic E-state index is 12.0. The number of hydrogen-bond acceptors (Lipinski definition) is 3. The molecule has 1 heterocycles. The summed E-state index contributed by atoms with van der Waals surface area (Å²) in [6, 6.07) is 18.9. The molecule has 0 saturated carbocycles. The van der Waals surface area contributed by atoms with Crippen LogP contribution in [-0.2, 0) is 17.8 Å². The molecular weight excluding hydrogens is 334 g/mol. The number of nitrogens with zero attached hydrogens (tertiary/aromatic N) is 2. The molecule has 0 aromatic heterocycles. The highest BCUT2D eigenvalue weighted by atomic mass is 16.1. The topological polar surface area (TPSA) is 35.6 Å². The number of benzene rings is 2. The zero-order chi connectivity index (χ0) is 18.9. The molecule has 4 nitrogen and oxygen atoms in total. The Morgan fingerprint density at radius 1 is 0.889 bits per heavy atom. The van der Waals surface area contributed by atoms with Crippen LogP contribution >= 0.6 is 0 Å². The first-order chi connectivity index (χ1) is 13.2. The summed E-state index contributed by atoms with van der Waals surface area (Å²) in [6.07, 6.45) is 1.48. The second-order valence-electron chi connectivity index (χ2n) is 7.47. The van der Waals surface area contributed by atoms with Gasteiger partial charge in [-0.05, 0) is 31.0 Å².